The van der Waals surface area contributed by atoms with E-state index in [4.69, 9.17) is 14.9 Å². The first-order valence-corrected chi connectivity index (χ1v) is 6.50. The van der Waals surface area contributed by atoms with Crippen LogP contribution in [0.15, 0.2) is 22.6 Å². The Morgan fingerprint density at radius 1 is 1.05 bits per heavy atom. The van der Waals surface area contributed by atoms with Crippen molar-refractivity contribution in [3.8, 4) is 5.75 Å². The molecule has 0 saturated heterocycles. The van der Waals surface area contributed by atoms with E-state index in [1.807, 2.05) is 13.0 Å². The van der Waals surface area contributed by atoms with Gasteiger partial charge in [-0.05, 0) is 56.0 Å². The highest BCUT2D eigenvalue weighted by Gasteiger charge is 2.10. The fourth-order valence-electron chi connectivity index (χ4n) is 2.15. The Morgan fingerprint density at radius 3 is 2.37 bits per heavy atom. The number of aryl methyl sites for hydroxylation is 3. The van der Waals surface area contributed by atoms with Gasteiger partial charge in [-0.2, -0.15) is 0 Å². The zero-order valence-corrected chi connectivity index (χ0v) is 12.0. The first kappa shape index (κ1) is 13.7. The SMILES string of the molecule is Cc1cc(COc2c(C)ccc(C)c2C)oc1CN. The van der Waals surface area contributed by atoms with E-state index in [1.165, 1.54) is 11.1 Å². The second-order valence-electron chi connectivity index (χ2n) is 4.97. The lowest BCUT2D eigenvalue weighted by atomic mass is 10.1. The molecule has 1 heterocycles. The number of hydrogen-bond donors (Lipinski definition) is 1. The van der Waals surface area contributed by atoms with Gasteiger partial charge in [0.1, 0.15) is 23.9 Å². The molecule has 0 bridgehead atoms. The van der Waals surface area contributed by atoms with Crippen LogP contribution in [-0.2, 0) is 13.2 Å². The van der Waals surface area contributed by atoms with Gasteiger partial charge in [-0.3, -0.25) is 0 Å². The minimum atomic E-state index is 0.425. The number of benzene rings is 1. The third-order valence-corrected chi connectivity index (χ3v) is 3.49. The Kier molecular flexibility index (Phi) is 3.96. The first-order chi connectivity index (χ1) is 9.02. The predicted octanol–water partition coefficient (Wildman–Crippen LogP) is 3.55. The van der Waals surface area contributed by atoms with Crippen molar-refractivity contribution >= 4 is 0 Å². The maximum absolute atomic E-state index is 5.91. The summed E-state index contributed by atoms with van der Waals surface area (Å²) in [6.45, 7) is 9.08. The van der Waals surface area contributed by atoms with Crippen LogP contribution in [0.5, 0.6) is 5.75 Å². The summed E-state index contributed by atoms with van der Waals surface area (Å²) in [5.41, 5.74) is 10.2. The molecule has 3 nitrogen and oxygen atoms in total. The van der Waals surface area contributed by atoms with Crippen LogP contribution in [0.4, 0.5) is 0 Å². The summed E-state index contributed by atoms with van der Waals surface area (Å²) in [5, 5.41) is 0. The molecule has 19 heavy (non-hydrogen) atoms. The number of nitrogens with two attached hydrogens (primary N) is 1. The van der Waals surface area contributed by atoms with E-state index in [0.29, 0.717) is 13.2 Å². The maximum atomic E-state index is 5.91. The van der Waals surface area contributed by atoms with Crippen LogP contribution in [0.25, 0.3) is 0 Å². The molecular weight excluding hydrogens is 238 g/mol. The van der Waals surface area contributed by atoms with Crippen molar-refractivity contribution in [3.63, 3.8) is 0 Å². The molecule has 2 N–H and O–H groups in total. The normalized spacial score (nSPS) is 10.8. The number of furan rings is 1. The molecule has 3 heteroatoms. The lowest BCUT2D eigenvalue weighted by Gasteiger charge is -2.12. The van der Waals surface area contributed by atoms with Crippen molar-refractivity contribution in [1.29, 1.82) is 0 Å². The molecule has 0 aliphatic carbocycles. The average Bonchev–Trinajstić information content (AvgIpc) is 2.74. The van der Waals surface area contributed by atoms with Gasteiger partial charge in [0.05, 0.1) is 6.54 Å². The summed E-state index contributed by atoms with van der Waals surface area (Å²) >= 11 is 0. The van der Waals surface area contributed by atoms with Gasteiger partial charge in [0.2, 0.25) is 0 Å². The molecule has 0 amide bonds. The van der Waals surface area contributed by atoms with Crippen LogP contribution in [0.1, 0.15) is 33.8 Å². The van der Waals surface area contributed by atoms with Crippen LogP contribution in [0.2, 0.25) is 0 Å². The Bertz CT molecular complexity index is 585. The zero-order chi connectivity index (χ0) is 14.0. The Hall–Kier alpha value is -1.74. The topological polar surface area (TPSA) is 48.4 Å². The molecule has 102 valence electrons. The van der Waals surface area contributed by atoms with E-state index in [9.17, 15) is 0 Å². The molecule has 1 aromatic carbocycles. The van der Waals surface area contributed by atoms with E-state index in [0.717, 1.165) is 28.4 Å². The molecule has 2 aromatic rings. The van der Waals surface area contributed by atoms with Gasteiger partial charge in [0, 0.05) is 0 Å². The van der Waals surface area contributed by atoms with E-state index in [-0.39, 0.29) is 0 Å². The maximum Gasteiger partial charge on any atom is 0.146 e. The van der Waals surface area contributed by atoms with Gasteiger partial charge >= 0.3 is 0 Å². The van der Waals surface area contributed by atoms with Crippen LogP contribution in [0, 0.1) is 27.7 Å². The number of rotatable bonds is 4. The van der Waals surface area contributed by atoms with Crippen LogP contribution in [-0.4, -0.2) is 0 Å². The largest absolute Gasteiger partial charge is 0.485 e. The molecule has 0 unspecified atom stereocenters. The molecule has 0 atom stereocenters. The third kappa shape index (κ3) is 2.82. The highest BCUT2D eigenvalue weighted by atomic mass is 16.5. The summed E-state index contributed by atoms with van der Waals surface area (Å²) in [6.07, 6.45) is 0. The van der Waals surface area contributed by atoms with Crippen LogP contribution < -0.4 is 10.5 Å². The first-order valence-electron chi connectivity index (χ1n) is 6.50. The van der Waals surface area contributed by atoms with E-state index < -0.39 is 0 Å². The van der Waals surface area contributed by atoms with Crippen molar-refractivity contribution in [2.24, 2.45) is 5.73 Å². The molecule has 0 aliphatic rings. The van der Waals surface area contributed by atoms with E-state index in [2.05, 4.69) is 32.9 Å². The fraction of sp³-hybridized carbons (Fsp3) is 0.375. The van der Waals surface area contributed by atoms with Crippen molar-refractivity contribution < 1.29 is 9.15 Å². The van der Waals surface area contributed by atoms with Gasteiger partial charge in [-0.15, -0.1) is 0 Å². The summed E-state index contributed by atoms with van der Waals surface area (Å²) in [7, 11) is 0. The molecule has 0 aliphatic heterocycles. The van der Waals surface area contributed by atoms with Crippen LogP contribution >= 0.6 is 0 Å². The molecule has 1 aromatic heterocycles. The van der Waals surface area contributed by atoms with Gasteiger partial charge in [0.25, 0.3) is 0 Å². The summed E-state index contributed by atoms with van der Waals surface area (Å²) in [5.74, 6) is 2.60. The van der Waals surface area contributed by atoms with Crippen molar-refractivity contribution in [3.05, 3.63) is 52.0 Å². The van der Waals surface area contributed by atoms with Crippen molar-refractivity contribution in [1.82, 2.24) is 0 Å². The highest BCUT2D eigenvalue weighted by Crippen LogP contribution is 2.27. The number of hydrogen-bond acceptors (Lipinski definition) is 3. The Morgan fingerprint density at radius 2 is 1.74 bits per heavy atom. The van der Waals surface area contributed by atoms with Crippen molar-refractivity contribution in [2.45, 2.75) is 40.8 Å². The molecule has 0 spiro atoms. The fourth-order valence-corrected chi connectivity index (χ4v) is 2.15. The van der Waals surface area contributed by atoms with Gasteiger partial charge in [-0.1, -0.05) is 12.1 Å². The van der Waals surface area contributed by atoms with Crippen LogP contribution in [0.3, 0.4) is 0 Å². The van der Waals surface area contributed by atoms with Gasteiger partial charge < -0.3 is 14.9 Å². The van der Waals surface area contributed by atoms with Crippen molar-refractivity contribution in [2.75, 3.05) is 0 Å². The van der Waals surface area contributed by atoms with E-state index in [1.54, 1.807) is 0 Å². The highest BCUT2D eigenvalue weighted by molar-refractivity contribution is 5.44. The number of ether oxygens (including phenoxy) is 1. The zero-order valence-electron chi connectivity index (χ0n) is 12.0. The monoisotopic (exact) mass is 259 g/mol. The second kappa shape index (κ2) is 5.49. The lowest BCUT2D eigenvalue weighted by Crippen LogP contribution is -1.99. The quantitative estimate of drug-likeness (QED) is 0.913. The predicted molar refractivity (Wildman–Crippen MR) is 76.3 cm³/mol. The molecule has 0 saturated carbocycles. The van der Waals surface area contributed by atoms with Gasteiger partial charge in [-0.25, -0.2) is 0 Å². The lowest BCUT2D eigenvalue weighted by molar-refractivity contribution is 0.263. The smallest absolute Gasteiger partial charge is 0.146 e. The standard InChI is InChI=1S/C16H21NO2/c1-10-5-6-11(2)16(13(10)4)18-9-14-7-12(3)15(8-17)19-14/h5-7H,8-9,17H2,1-4H3. The Labute approximate surface area is 114 Å². The Balaban J connectivity index is 2.16. The molecule has 2 rings (SSSR count). The van der Waals surface area contributed by atoms with Gasteiger partial charge in [0.15, 0.2) is 0 Å². The minimum Gasteiger partial charge on any atom is -0.485 e. The molecule has 0 radical (unpaired) electrons. The summed E-state index contributed by atoms with van der Waals surface area (Å²) < 4.78 is 11.6. The third-order valence-electron chi connectivity index (χ3n) is 3.49. The average molecular weight is 259 g/mol. The minimum absolute atomic E-state index is 0.425. The molecule has 0 fully saturated rings. The van der Waals surface area contributed by atoms with E-state index >= 15 is 0 Å². The summed E-state index contributed by atoms with van der Waals surface area (Å²) in [4.78, 5) is 0. The molecular formula is C16H21NO2. The second-order valence-corrected chi connectivity index (χ2v) is 4.97. The summed E-state index contributed by atoms with van der Waals surface area (Å²) in [6, 6.07) is 6.18.